The molecule has 0 radical (unpaired) electrons. The fourth-order valence-electron chi connectivity index (χ4n) is 6.33. The van der Waals surface area contributed by atoms with E-state index in [-0.39, 0.29) is 31.9 Å². The smallest absolute Gasteiger partial charge is 0.309 e. The molecule has 2 aliphatic rings. The lowest BCUT2D eigenvalue weighted by molar-refractivity contribution is -0.143. The number of ether oxygens (including phenoxy) is 4. The molecule has 2 heterocycles. The van der Waals surface area contributed by atoms with Gasteiger partial charge in [-0.25, -0.2) is 4.39 Å². The summed E-state index contributed by atoms with van der Waals surface area (Å²) in [6.07, 6.45) is 1.10. The average molecular weight is 593 g/mol. The molecule has 2 aliphatic heterocycles. The van der Waals surface area contributed by atoms with Crippen molar-refractivity contribution >= 4 is 17.6 Å². The van der Waals surface area contributed by atoms with E-state index in [1.165, 1.54) is 19.2 Å². The zero-order chi connectivity index (χ0) is 30.7. The van der Waals surface area contributed by atoms with Crippen LogP contribution in [0.4, 0.5) is 10.1 Å². The second-order valence-corrected chi connectivity index (χ2v) is 10.8. The van der Waals surface area contributed by atoms with Gasteiger partial charge in [-0.15, -0.1) is 0 Å². The quantitative estimate of drug-likeness (QED) is 0.283. The second kappa shape index (κ2) is 13.0. The number of carboxylic acids is 1. The molecular weight excluding hydrogens is 555 g/mol. The molecule has 0 aliphatic carbocycles. The number of rotatable bonds is 11. The number of aryl methyl sites for hydroxylation is 2. The summed E-state index contributed by atoms with van der Waals surface area (Å²) in [4.78, 5) is 28.5. The summed E-state index contributed by atoms with van der Waals surface area (Å²) in [7, 11) is 1.53. The van der Waals surface area contributed by atoms with Gasteiger partial charge in [-0.1, -0.05) is 32.0 Å². The zero-order valence-electron chi connectivity index (χ0n) is 24.8. The first-order chi connectivity index (χ1) is 20.7. The minimum atomic E-state index is -0.963. The monoisotopic (exact) mass is 592 g/mol. The molecule has 228 valence electrons. The predicted molar refractivity (Wildman–Crippen MR) is 158 cm³/mol. The number of carboxylic acid groups (broad SMARTS) is 1. The van der Waals surface area contributed by atoms with Crippen LogP contribution in [0.1, 0.15) is 53.6 Å². The Balaban J connectivity index is 1.50. The highest BCUT2D eigenvalue weighted by molar-refractivity contribution is 5.94. The summed E-state index contributed by atoms with van der Waals surface area (Å²) in [6.45, 7) is 6.19. The Bertz CT molecular complexity index is 1470. The van der Waals surface area contributed by atoms with Gasteiger partial charge in [0.25, 0.3) is 0 Å². The summed E-state index contributed by atoms with van der Waals surface area (Å²) in [5, 5.41) is 13.6. The number of likely N-dealkylation sites (tertiary alicyclic amines) is 1. The Labute approximate surface area is 250 Å². The second-order valence-electron chi connectivity index (χ2n) is 10.8. The standard InChI is InChI=1S/C33H37FN2O7/c1-5-20-13-23(34)14-21(6-2)30(20)35-28(37)16-36-15-26(25-11-12-27-32(19(25)3)43-18-42-27)29(33(38)39)31(36)22-7-9-24(10-8-22)41-17-40-4/h7-14,26,29,31H,5-6,15-18H2,1-4H3,(H,35,37)(H,38,39)/t26-,29?,31+/m1/s1. The Morgan fingerprint density at radius 1 is 1.07 bits per heavy atom. The van der Waals surface area contributed by atoms with E-state index in [2.05, 4.69) is 5.32 Å². The van der Waals surface area contributed by atoms with Crippen molar-refractivity contribution in [3.05, 3.63) is 82.2 Å². The Kier molecular flexibility index (Phi) is 9.17. The van der Waals surface area contributed by atoms with E-state index < -0.39 is 23.8 Å². The molecular formula is C33H37FN2O7. The van der Waals surface area contributed by atoms with Gasteiger partial charge in [0.2, 0.25) is 12.7 Å². The van der Waals surface area contributed by atoms with E-state index in [9.17, 15) is 19.1 Å². The van der Waals surface area contributed by atoms with Crippen LogP contribution in [-0.4, -0.2) is 55.7 Å². The summed E-state index contributed by atoms with van der Waals surface area (Å²) in [5.74, 6) is -1.07. The number of methoxy groups -OCH3 is 1. The maximum atomic E-state index is 14.2. The fourth-order valence-corrected chi connectivity index (χ4v) is 6.33. The molecule has 1 saturated heterocycles. The van der Waals surface area contributed by atoms with E-state index in [4.69, 9.17) is 18.9 Å². The van der Waals surface area contributed by atoms with Crippen molar-refractivity contribution in [2.75, 3.05) is 39.1 Å². The van der Waals surface area contributed by atoms with Gasteiger partial charge in [-0.05, 0) is 77.9 Å². The highest BCUT2D eigenvalue weighted by Gasteiger charge is 2.48. The van der Waals surface area contributed by atoms with Crippen LogP contribution in [0.5, 0.6) is 17.2 Å². The minimum absolute atomic E-state index is 0.0554. The van der Waals surface area contributed by atoms with E-state index in [0.29, 0.717) is 53.4 Å². The third kappa shape index (κ3) is 6.16. The molecule has 1 fully saturated rings. The van der Waals surface area contributed by atoms with Crippen LogP contribution in [0.3, 0.4) is 0 Å². The number of hydrogen-bond acceptors (Lipinski definition) is 7. The topological polar surface area (TPSA) is 107 Å². The van der Waals surface area contributed by atoms with Gasteiger partial charge in [-0.2, -0.15) is 0 Å². The number of benzene rings is 3. The van der Waals surface area contributed by atoms with Crippen molar-refractivity contribution < 1.29 is 38.0 Å². The SMILES string of the molecule is CCc1cc(F)cc(CC)c1NC(=O)CN1C[C@H](c2ccc3c(c2C)OCO3)C(C(=O)O)[C@@H]1c1ccc(OCOC)cc1. The van der Waals surface area contributed by atoms with E-state index >= 15 is 0 Å². The maximum Gasteiger partial charge on any atom is 0.309 e. The summed E-state index contributed by atoms with van der Waals surface area (Å²) in [6, 6.07) is 13.2. The largest absolute Gasteiger partial charge is 0.481 e. The first kappa shape index (κ1) is 30.3. The van der Waals surface area contributed by atoms with Gasteiger partial charge >= 0.3 is 5.97 Å². The van der Waals surface area contributed by atoms with Crippen LogP contribution in [0.2, 0.25) is 0 Å². The van der Waals surface area contributed by atoms with Gasteiger partial charge in [0.05, 0.1) is 12.5 Å². The summed E-state index contributed by atoms with van der Waals surface area (Å²) in [5.41, 5.74) is 4.45. The molecule has 2 N–H and O–H groups in total. The maximum absolute atomic E-state index is 14.2. The van der Waals surface area contributed by atoms with Crippen LogP contribution >= 0.6 is 0 Å². The highest BCUT2D eigenvalue weighted by atomic mass is 19.1. The van der Waals surface area contributed by atoms with Crippen molar-refractivity contribution in [1.29, 1.82) is 0 Å². The van der Waals surface area contributed by atoms with E-state index in [1.807, 2.05) is 49.9 Å². The van der Waals surface area contributed by atoms with Crippen LogP contribution in [-0.2, 0) is 27.2 Å². The van der Waals surface area contributed by atoms with Crippen molar-refractivity contribution in [2.24, 2.45) is 5.92 Å². The molecule has 0 spiro atoms. The molecule has 3 atom stereocenters. The number of nitrogens with zero attached hydrogens (tertiary/aromatic N) is 1. The molecule has 3 aromatic rings. The Morgan fingerprint density at radius 2 is 1.77 bits per heavy atom. The predicted octanol–water partition coefficient (Wildman–Crippen LogP) is 5.45. The Hall–Kier alpha value is -4.15. The normalized spacial score (nSPS) is 19.4. The van der Waals surface area contributed by atoms with Crippen LogP contribution in [0.15, 0.2) is 48.5 Å². The molecule has 0 aromatic heterocycles. The third-order valence-corrected chi connectivity index (χ3v) is 8.32. The average Bonchev–Trinajstić information content (AvgIpc) is 3.63. The van der Waals surface area contributed by atoms with Crippen molar-refractivity contribution in [1.82, 2.24) is 4.90 Å². The zero-order valence-corrected chi connectivity index (χ0v) is 24.8. The summed E-state index contributed by atoms with van der Waals surface area (Å²) < 4.78 is 36.0. The number of carbonyl (C=O) groups is 2. The molecule has 43 heavy (non-hydrogen) atoms. The molecule has 1 unspecified atom stereocenters. The number of halogens is 1. The van der Waals surface area contributed by atoms with E-state index in [0.717, 1.165) is 16.7 Å². The third-order valence-electron chi connectivity index (χ3n) is 8.32. The fraction of sp³-hybridized carbons (Fsp3) is 0.394. The van der Waals surface area contributed by atoms with Crippen LogP contribution < -0.4 is 19.5 Å². The van der Waals surface area contributed by atoms with Crippen molar-refractivity contribution in [3.8, 4) is 17.2 Å². The van der Waals surface area contributed by atoms with Gasteiger partial charge in [0.15, 0.2) is 18.3 Å². The molecule has 3 aromatic carbocycles. The lowest BCUT2D eigenvalue weighted by Crippen LogP contribution is -2.35. The number of fused-ring (bicyclic) bond motifs is 1. The molecule has 9 nitrogen and oxygen atoms in total. The number of aliphatic carboxylic acids is 1. The summed E-state index contributed by atoms with van der Waals surface area (Å²) >= 11 is 0. The molecule has 10 heteroatoms. The van der Waals surface area contributed by atoms with Crippen molar-refractivity contribution in [3.63, 3.8) is 0 Å². The number of hydrogen-bond donors (Lipinski definition) is 2. The molecule has 1 amide bonds. The minimum Gasteiger partial charge on any atom is -0.481 e. The first-order valence-corrected chi connectivity index (χ1v) is 14.4. The number of amides is 1. The number of nitrogens with one attached hydrogen (secondary N) is 1. The van der Waals surface area contributed by atoms with Crippen LogP contribution in [0, 0.1) is 18.7 Å². The Morgan fingerprint density at radius 3 is 2.40 bits per heavy atom. The number of carbonyl (C=O) groups excluding carboxylic acids is 1. The first-order valence-electron chi connectivity index (χ1n) is 14.4. The lowest BCUT2D eigenvalue weighted by Gasteiger charge is -2.27. The van der Waals surface area contributed by atoms with Crippen LogP contribution in [0.25, 0.3) is 0 Å². The molecule has 0 saturated carbocycles. The lowest BCUT2D eigenvalue weighted by atomic mass is 9.81. The van der Waals surface area contributed by atoms with Gasteiger partial charge in [0, 0.05) is 31.3 Å². The van der Waals surface area contributed by atoms with Crippen molar-refractivity contribution in [2.45, 2.75) is 45.6 Å². The molecule has 0 bridgehead atoms. The van der Waals surface area contributed by atoms with Gasteiger partial charge in [-0.3, -0.25) is 14.5 Å². The van der Waals surface area contributed by atoms with Gasteiger partial charge < -0.3 is 29.4 Å². The highest BCUT2D eigenvalue weighted by Crippen LogP contribution is 2.49. The number of anilines is 1. The van der Waals surface area contributed by atoms with Gasteiger partial charge in [0.1, 0.15) is 11.6 Å². The molecule has 5 rings (SSSR count). The van der Waals surface area contributed by atoms with E-state index in [1.54, 1.807) is 12.1 Å².